The SMILES string of the molecule is CCOC(=O)[C@H]1[C@H](c2cccc(F)c2)C2=C(C[C@H](c3ccccc3)S2)[C@H](C(=O)c2ccc(Cl)cc2)S1(=O)=O. The number of hydrogen-bond acceptors (Lipinski definition) is 6. The van der Waals surface area contributed by atoms with Crippen LogP contribution in [0, 0.1) is 5.82 Å². The predicted molar refractivity (Wildman–Crippen MR) is 146 cm³/mol. The number of thioether (sulfide) groups is 1. The van der Waals surface area contributed by atoms with E-state index in [0.717, 1.165) is 5.56 Å². The summed E-state index contributed by atoms with van der Waals surface area (Å²) >= 11 is 7.43. The van der Waals surface area contributed by atoms with Crippen LogP contribution in [-0.2, 0) is 19.4 Å². The number of ether oxygens (including phenoxy) is 1. The van der Waals surface area contributed by atoms with Gasteiger partial charge in [0.15, 0.2) is 20.9 Å². The smallest absolute Gasteiger partial charge is 0.325 e. The average Bonchev–Trinajstić information content (AvgIpc) is 3.32. The van der Waals surface area contributed by atoms with Crippen molar-refractivity contribution in [2.45, 2.75) is 35.0 Å². The van der Waals surface area contributed by atoms with E-state index in [4.69, 9.17) is 16.3 Å². The Hall–Kier alpha value is -2.94. The zero-order chi connectivity index (χ0) is 27.0. The van der Waals surface area contributed by atoms with Crippen molar-refractivity contribution >= 4 is 45.0 Å². The number of Topliss-reactive ketones (excluding diaryl/α,β-unsaturated/α-hetero) is 1. The van der Waals surface area contributed by atoms with Gasteiger partial charge in [0.1, 0.15) is 11.1 Å². The number of hydrogen-bond donors (Lipinski definition) is 0. The number of sulfone groups is 1. The van der Waals surface area contributed by atoms with Crippen molar-refractivity contribution in [2.75, 3.05) is 6.61 Å². The first-order chi connectivity index (χ1) is 18.2. The minimum Gasteiger partial charge on any atom is -0.465 e. The van der Waals surface area contributed by atoms with Gasteiger partial charge in [-0.3, -0.25) is 9.59 Å². The van der Waals surface area contributed by atoms with Crippen LogP contribution < -0.4 is 0 Å². The van der Waals surface area contributed by atoms with Crippen LogP contribution >= 0.6 is 23.4 Å². The first-order valence-corrected chi connectivity index (χ1v) is 15.0. The quantitative estimate of drug-likeness (QED) is 0.255. The molecule has 0 amide bonds. The molecule has 5 rings (SSSR count). The largest absolute Gasteiger partial charge is 0.465 e. The number of allylic oxidation sites excluding steroid dienone is 1. The summed E-state index contributed by atoms with van der Waals surface area (Å²) < 4.78 is 48.2. The summed E-state index contributed by atoms with van der Waals surface area (Å²) in [5.74, 6) is -3.13. The van der Waals surface area contributed by atoms with E-state index < -0.39 is 43.8 Å². The first kappa shape index (κ1) is 26.7. The molecule has 0 saturated heterocycles. The molecule has 0 saturated carbocycles. The molecule has 38 heavy (non-hydrogen) atoms. The molecule has 5 nitrogen and oxygen atoms in total. The van der Waals surface area contributed by atoms with Gasteiger partial charge in [0.25, 0.3) is 0 Å². The van der Waals surface area contributed by atoms with Crippen molar-refractivity contribution in [3.8, 4) is 0 Å². The van der Waals surface area contributed by atoms with Gasteiger partial charge in [-0.2, -0.15) is 0 Å². The Morgan fingerprint density at radius 3 is 2.34 bits per heavy atom. The lowest BCUT2D eigenvalue weighted by Crippen LogP contribution is -2.50. The Balaban J connectivity index is 1.72. The zero-order valence-corrected chi connectivity index (χ0v) is 22.7. The minimum atomic E-state index is -4.46. The summed E-state index contributed by atoms with van der Waals surface area (Å²) in [6, 6.07) is 21.2. The molecule has 2 aliphatic heterocycles. The molecule has 0 spiro atoms. The van der Waals surface area contributed by atoms with Gasteiger partial charge in [-0.15, -0.1) is 11.8 Å². The van der Waals surface area contributed by atoms with Crippen LogP contribution in [0.4, 0.5) is 4.39 Å². The van der Waals surface area contributed by atoms with Crippen LogP contribution in [-0.4, -0.2) is 37.3 Å². The van der Waals surface area contributed by atoms with Crippen molar-refractivity contribution < 1.29 is 27.1 Å². The minimum absolute atomic E-state index is 0.0395. The Morgan fingerprint density at radius 1 is 1.00 bits per heavy atom. The maximum atomic E-state index is 14.4. The number of rotatable bonds is 6. The molecule has 0 N–H and O–H groups in total. The standard InChI is InChI=1S/C29H24ClFO5S2/c1-2-36-29(33)28-24(19-9-6-10-21(31)15-19)26-22(16-23(37-26)17-7-4-3-5-8-17)27(38(28,34)35)25(32)18-11-13-20(30)14-12-18/h3-15,23-24,27-28H,2,16H2,1H3/t23-,24-,27-,28-/m1/s1. The zero-order valence-electron chi connectivity index (χ0n) is 20.3. The van der Waals surface area contributed by atoms with Crippen molar-refractivity contribution in [1.29, 1.82) is 0 Å². The van der Waals surface area contributed by atoms with E-state index in [1.165, 1.54) is 54.2 Å². The molecular formula is C29H24ClFO5S2. The molecule has 2 heterocycles. The van der Waals surface area contributed by atoms with Gasteiger partial charge in [0.05, 0.1) is 6.61 Å². The summed E-state index contributed by atoms with van der Waals surface area (Å²) in [5.41, 5.74) is 1.93. The van der Waals surface area contributed by atoms with Crippen LogP contribution in [0.1, 0.15) is 46.0 Å². The molecule has 0 unspecified atom stereocenters. The Kier molecular flexibility index (Phi) is 7.49. The molecule has 0 bridgehead atoms. The molecule has 0 radical (unpaired) electrons. The van der Waals surface area contributed by atoms with E-state index in [2.05, 4.69) is 0 Å². The number of benzene rings is 3. The average molecular weight is 571 g/mol. The number of esters is 1. The normalized spacial score (nSPS) is 24.1. The molecule has 0 fully saturated rings. The highest BCUT2D eigenvalue weighted by atomic mass is 35.5. The summed E-state index contributed by atoms with van der Waals surface area (Å²) in [6.45, 7) is 1.55. The second-order valence-electron chi connectivity index (χ2n) is 9.16. The summed E-state index contributed by atoms with van der Waals surface area (Å²) in [6.07, 6.45) is 0.300. The van der Waals surface area contributed by atoms with E-state index in [-0.39, 0.29) is 17.4 Å². The number of halogens is 2. The Bertz CT molecular complexity index is 1520. The highest BCUT2D eigenvalue weighted by molar-refractivity contribution is 8.04. The predicted octanol–water partition coefficient (Wildman–Crippen LogP) is 6.31. The molecule has 196 valence electrons. The molecule has 9 heteroatoms. The van der Waals surface area contributed by atoms with Gasteiger partial charge < -0.3 is 4.74 Å². The van der Waals surface area contributed by atoms with Crippen LogP contribution in [0.3, 0.4) is 0 Å². The first-order valence-electron chi connectivity index (χ1n) is 12.1. The molecule has 2 aliphatic rings. The monoisotopic (exact) mass is 570 g/mol. The van der Waals surface area contributed by atoms with Gasteiger partial charge in [0.2, 0.25) is 0 Å². The number of carbonyl (C=O) groups is 2. The van der Waals surface area contributed by atoms with Gasteiger partial charge in [-0.25, -0.2) is 12.8 Å². The summed E-state index contributed by atoms with van der Waals surface area (Å²) in [5, 5.41) is -3.04. The maximum absolute atomic E-state index is 14.4. The highest BCUT2D eigenvalue weighted by Gasteiger charge is 2.57. The maximum Gasteiger partial charge on any atom is 0.325 e. The fraction of sp³-hybridized carbons (Fsp3) is 0.241. The van der Waals surface area contributed by atoms with Crippen LogP contribution in [0.15, 0.2) is 89.3 Å². The van der Waals surface area contributed by atoms with Crippen molar-refractivity contribution in [1.82, 2.24) is 0 Å². The van der Waals surface area contributed by atoms with Crippen LogP contribution in [0.2, 0.25) is 5.02 Å². The molecule has 0 aliphatic carbocycles. The van der Waals surface area contributed by atoms with E-state index in [1.807, 2.05) is 30.3 Å². The molecule has 0 aromatic heterocycles. The third kappa shape index (κ3) is 4.81. The third-order valence-corrected chi connectivity index (χ3v) is 10.9. The van der Waals surface area contributed by atoms with Gasteiger partial charge in [-0.1, -0.05) is 54.1 Å². The van der Waals surface area contributed by atoms with Crippen LogP contribution in [0.25, 0.3) is 0 Å². The summed E-state index contributed by atoms with van der Waals surface area (Å²) in [4.78, 5) is 27.8. The summed E-state index contributed by atoms with van der Waals surface area (Å²) in [7, 11) is -4.46. The van der Waals surface area contributed by atoms with Crippen molar-refractivity contribution in [3.63, 3.8) is 0 Å². The Labute approximate surface area is 230 Å². The van der Waals surface area contributed by atoms with Crippen LogP contribution in [0.5, 0.6) is 0 Å². The lowest BCUT2D eigenvalue weighted by atomic mass is 9.87. The lowest BCUT2D eigenvalue weighted by molar-refractivity contribution is -0.142. The number of ketones is 1. The van der Waals surface area contributed by atoms with Gasteiger partial charge in [0, 0.05) is 21.8 Å². The Morgan fingerprint density at radius 2 is 1.68 bits per heavy atom. The van der Waals surface area contributed by atoms with Crippen molar-refractivity contribution in [2.24, 2.45) is 0 Å². The highest BCUT2D eigenvalue weighted by Crippen LogP contribution is 2.59. The molecule has 4 atom stereocenters. The third-order valence-electron chi connectivity index (χ3n) is 6.84. The van der Waals surface area contributed by atoms with E-state index in [0.29, 0.717) is 27.5 Å². The van der Waals surface area contributed by atoms with E-state index in [1.54, 1.807) is 13.0 Å². The fourth-order valence-electron chi connectivity index (χ4n) is 5.20. The topological polar surface area (TPSA) is 77.5 Å². The second kappa shape index (κ2) is 10.7. The number of carbonyl (C=O) groups excluding carboxylic acids is 2. The van der Waals surface area contributed by atoms with Gasteiger partial charge in [-0.05, 0) is 71.3 Å². The van der Waals surface area contributed by atoms with Gasteiger partial charge >= 0.3 is 5.97 Å². The molecule has 3 aromatic carbocycles. The fourth-order valence-corrected chi connectivity index (χ4v) is 9.48. The van der Waals surface area contributed by atoms with E-state index >= 15 is 0 Å². The lowest BCUT2D eigenvalue weighted by Gasteiger charge is -2.35. The molecular weight excluding hydrogens is 547 g/mol. The van der Waals surface area contributed by atoms with Crippen molar-refractivity contribution in [3.05, 3.63) is 117 Å². The van der Waals surface area contributed by atoms with E-state index in [9.17, 15) is 22.4 Å². The second-order valence-corrected chi connectivity index (χ2v) is 13.0. The molecule has 3 aromatic rings.